The highest BCUT2D eigenvalue weighted by Crippen LogP contribution is 2.22. The molecule has 16 heavy (non-hydrogen) atoms. The lowest BCUT2D eigenvalue weighted by molar-refractivity contribution is -0.119. The van der Waals surface area contributed by atoms with E-state index in [0.717, 1.165) is 5.56 Å². The van der Waals surface area contributed by atoms with Crippen LogP contribution in [0.25, 0.3) is 0 Å². The molecule has 0 saturated carbocycles. The SMILES string of the molecule is CCN(CC(F)(F)F)c1cccc(CN)c1. The Morgan fingerprint density at radius 3 is 2.50 bits per heavy atom. The van der Waals surface area contributed by atoms with E-state index in [1.165, 1.54) is 4.90 Å². The summed E-state index contributed by atoms with van der Waals surface area (Å²) in [6.45, 7) is 1.41. The first-order chi connectivity index (χ1) is 7.46. The lowest BCUT2D eigenvalue weighted by Crippen LogP contribution is -2.34. The van der Waals surface area contributed by atoms with E-state index in [0.29, 0.717) is 18.8 Å². The second kappa shape index (κ2) is 5.21. The fourth-order valence-corrected chi connectivity index (χ4v) is 1.48. The van der Waals surface area contributed by atoms with Crippen LogP contribution in [0.15, 0.2) is 24.3 Å². The molecule has 0 fully saturated rings. The summed E-state index contributed by atoms with van der Waals surface area (Å²) < 4.78 is 36.9. The molecule has 0 aromatic heterocycles. The number of halogens is 3. The van der Waals surface area contributed by atoms with Crippen molar-refractivity contribution in [1.82, 2.24) is 0 Å². The van der Waals surface area contributed by atoms with Crippen molar-refractivity contribution in [2.45, 2.75) is 19.6 Å². The van der Waals surface area contributed by atoms with Gasteiger partial charge in [0.05, 0.1) is 0 Å². The Balaban J connectivity index is 2.86. The normalized spacial score (nSPS) is 11.6. The molecule has 0 amide bonds. The van der Waals surface area contributed by atoms with E-state index >= 15 is 0 Å². The zero-order chi connectivity index (χ0) is 12.2. The third kappa shape index (κ3) is 3.73. The summed E-state index contributed by atoms with van der Waals surface area (Å²) in [6, 6.07) is 6.87. The first-order valence-electron chi connectivity index (χ1n) is 5.07. The molecule has 0 bridgehead atoms. The van der Waals surface area contributed by atoms with Crippen molar-refractivity contribution in [2.24, 2.45) is 5.73 Å². The summed E-state index contributed by atoms with van der Waals surface area (Å²) in [7, 11) is 0. The molecule has 2 N–H and O–H groups in total. The number of nitrogens with zero attached hydrogens (tertiary/aromatic N) is 1. The summed E-state index contributed by atoms with van der Waals surface area (Å²) in [5.41, 5.74) is 6.84. The predicted molar refractivity (Wildman–Crippen MR) is 58.3 cm³/mol. The number of anilines is 1. The summed E-state index contributed by atoms with van der Waals surface area (Å²) in [6.07, 6.45) is -4.19. The number of alkyl halides is 3. The van der Waals surface area contributed by atoms with E-state index in [4.69, 9.17) is 5.73 Å². The molecule has 0 aliphatic heterocycles. The van der Waals surface area contributed by atoms with Crippen LogP contribution in [0.5, 0.6) is 0 Å². The molecule has 0 atom stereocenters. The monoisotopic (exact) mass is 232 g/mol. The van der Waals surface area contributed by atoms with Crippen LogP contribution in [-0.4, -0.2) is 19.3 Å². The van der Waals surface area contributed by atoms with Gasteiger partial charge in [-0.15, -0.1) is 0 Å². The van der Waals surface area contributed by atoms with E-state index in [1.54, 1.807) is 31.2 Å². The lowest BCUT2D eigenvalue weighted by atomic mass is 10.2. The highest BCUT2D eigenvalue weighted by Gasteiger charge is 2.30. The Bertz CT molecular complexity index is 336. The maximum absolute atomic E-state index is 12.3. The fraction of sp³-hybridized carbons (Fsp3) is 0.455. The summed E-state index contributed by atoms with van der Waals surface area (Å²) >= 11 is 0. The van der Waals surface area contributed by atoms with Crippen molar-refractivity contribution in [2.75, 3.05) is 18.0 Å². The minimum atomic E-state index is -4.19. The molecule has 0 unspecified atom stereocenters. The third-order valence-electron chi connectivity index (χ3n) is 2.26. The molecule has 0 radical (unpaired) electrons. The van der Waals surface area contributed by atoms with Gasteiger partial charge in [0, 0.05) is 18.8 Å². The van der Waals surface area contributed by atoms with Gasteiger partial charge < -0.3 is 10.6 Å². The van der Waals surface area contributed by atoms with Crippen LogP contribution in [0.1, 0.15) is 12.5 Å². The maximum atomic E-state index is 12.3. The highest BCUT2D eigenvalue weighted by molar-refractivity contribution is 5.48. The highest BCUT2D eigenvalue weighted by atomic mass is 19.4. The molecule has 0 aliphatic rings. The second-order valence-electron chi connectivity index (χ2n) is 3.50. The van der Waals surface area contributed by atoms with Crippen LogP contribution in [0.2, 0.25) is 0 Å². The standard InChI is InChI=1S/C11H15F3N2/c1-2-16(8-11(12,13)14)10-5-3-4-9(6-10)7-15/h3-6H,2,7-8,15H2,1H3. The molecule has 1 rings (SSSR count). The third-order valence-corrected chi connectivity index (χ3v) is 2.26. The average molecular weight is 232 g/mol. The predicted octanol–water partition coefficient (Wildman–Crippen LogP) is 2.53. The van der Waals surface area contributed by atoms with Crippen molar-refractivity contribution < 1.29 is 13.2 Å². The minimum Gasteiger partial charge on any atom is -0.363 e. The Hall–Kier alpha value is -1.23. The summed E-state index contributed by atoms with van der Waals surface area (Å²) in [4.78, 5) is 1.28. The Morgan fingerprint density at radius 2 is 2.00 bits per heavy atom. The van der Waals surface area contributed by atoms with Crippen LogP contribution < -0.4 is 10.6 Å². The van der Waals surface area contributed by atoms with Gasteiger partial charge in [-0.25, -0.2) is 0 Å². The molecule has 0 spiro atoms. The molecule has 1 aromatic carbocycles. The van der Waals surface area contributed by atoms with Crippen LogP contribution in [0.3, 0.4) is 0 Å². The van der Waals surface area contributed by atoms with E-state index in [1.807, 2.05) is 0 Å². The van der Waals surface area contributed by atoms with Crippen molar-refractivity contribution in [3.63, 3.8) is 0 Å². The molecule has 0 saturated heterocycles. The molecule has 2 nitrogen and oxygen atoms in total. The minimum absolute atomic E-state index is 0.313. The van der Waals surface area contributed by atoms with Gasteiger partial charge in [0.25, 0.3) is 0 Å². The van der Waals surface area contributed by atoms with Gasteiger partial charge in [0.15, 0.2) is 0 Å². The van der Waals surface area contributed by atoms with Crippen molar-refractivity contribution in [3.05, 3.63) is 29.8 Å². The van der Waals surface area contributed by atoms with Crippen molar-refractivity contribution in [1.29, 1.82) is 0 Å². The fourth-order valence-electron chi connectivity index (χ4n) is 1.48. The topological polar surface area (TPSA) is 29.3 Å². The smallest absolute Gasteiger partial charge is 0.363 e. The zero-order valence-corrected chi connectivity index (χ0v) is 9.09. The van der Waals surface area contributed by atoms with Crippen LogP contribution in [0, 0.1) is 0 Å². The van der Waals surface area contributed by atoms with E-state index in [2.05, 4.69) is 0 Å². The lowest BCUT2D eigenvalue weighted by Gasteiger charge is -2.24. The van der Waals surface area contributed by atoms with E-state index in [9.17, 15) is 13.2 Å². The van der Waals surface area contributed by atoms with Gasteiger partial charge in [-0.3, -0.25) is 0 Å². The molecule has 0 heterocycles. The Labute approximate surface area is 92.9 Å². The largest absolute Gasteiger partial charge is 0.405 e. The number of nitrogens with two attached hydrogens (primary N) is 1. The summed E-state index contributed by atoms with van der Waals surface area (Å²) in [5.74, 6) is 0. The molecule has 0 aliphatic carbocycles. The summed E-state index contributed by atoms with van der Waals surface area (Å²) in [5, 5.41) is 0. The first-order valence-corrected chi connectivity index (χ1v) is 5.07. The van der Waals surface area contributed by atoms with Gasteiger partial charge in [-0.1, -0.05) is 12.1 Å². The van der Waals surface area contributed by atoms with Gasteiger partial charge in [0.2, 0.25) is 0 Å². The molecule has 90 valence electrons. The second-order valence-corrected chi connectivity index (χ2v) is 3.50. The van der Waals surface area contributed by atoms with Crippen LogP contribution >= 0.6 is 0 Å². The van der Waals surface area contributed by atoms with Crippen LogP contribution in [-0.2, 0) is 6.54 Å². The number of benzene rings is 1. The number of hydrogen-bond donors (Lipinski definition) is 1. The molecular formula is C11H15F3N2. The van der Waals surface area contributed by atoms with Gasteiger partial charge in [-0.2, -0.15) is 13.2 Å². The maximum Gasteiger partial charge on any atom is 0.405 e. The Morgan fingerprint density at radius 1 is 1.31 bits per heavy atom. The average Bonchev–Trinajstić information content (AvgIpc) is 2.25. The number of hydrogen-bond acceptors (Lipinski definition) is 2. The van der Waals surface area contributed by atoms with Crippen LogP contribution in [0.4, 0.5) is 18.9 Å². The first kappa shape index (κ1) is 12.8. The van der Waals surface area contributed by atoms with Gasteiger partial charge >= 0.3 is 6.18 Å². The van der Waals surface area contributed by atoms with E-state index in [-0.39, 0.29) is 0 Å². The molecular weight excluding hydrogens is 217 g/mol. The molecule has 5 heteroatoms. The van der Waals surface area contributed by atoms with Gasteiger partial charge in [0.1, 0.15) is 6.54 Å². The van der Waals surface area contributed by atoms with Gasteiger partial charge in [-0.05, 0) is 24.6 Å². The Kier molecular flexibility index (Phi) is 4.18. The van der Waals surface area contributed by atoms with Crippen molar-refractivity contribution in [3.8, 4) is 0 Å². The van der Waals surface area contributed by atoms with Crippen molar-refractivity contribution >= 4 is 5.69 Å². The van der Waals surface area contributed by atoms with E-state index < -0.39 is 12.7 Å². The quantitative estimate of drug-likeness (QED) is 0.864. The zero-order valence-electron chi connectivity index (χ0n) is 9.09. The number of rotatable bonds is 4. The molecule has 1 aromatic rings.